The number of aliphatic hydroxyl groups excluding tert-OH is 1. The molecule has 0 radical (unpaired) electrons. The molecule has 8 heteroatoms. The summed E-state index contributed by atoms with van der Waals surface area (Å²) < 4.78 is 24.5. The molecule has 1 fully saturated rings. The van der Waals surface area contributed by atoms with Crippen molar-refractivity contribution in [3.63, 3.8) is 0 Å². The minimum Gasteiger partial charge on any atom is -0.507 e. The number of aryl methyl sites for hydroxylation is 2. The Labute approximate surface area is 194 Å². The van der Waals surface area contributed by atoms with Crippen LogP contribution in [0, 0.1) is 19.7 Å². The number of Topliss-reactive ketones (excluding diaryl/α,β-unsaturated/α-hetero) is 1. The molecule has 1 amide bonds. The Morgan fingerprint density at radius 3 is 2.21 bits per heavy atom. The molecule has 170 valence electrons. The lowest BCUT2D eigenvalue weighted by Crippen LogP contribution is -2.29. The van der Waals surface area contributed by atoms with E-state index in [-0.39, 0.29) is 16.9 Å². The van der Waals surface area contributed by atoms with Crippen LogP contribution in [-0.2, 0) is 9.59 Å². The summed E-state index contributed by atoms with van der Waals surface area (Å²) >= 11 is 1.38. The van der Waals surface area contributed by atoms with Gasteiger partial charge in [-0.05, 0) is 54.6 Å². The predicted octanol–water partition coefficient (Wildman–Crippen LogP) is 5.15. The van der Waals surface area contributed by atoms with Gasteiger partial charge in [-0.25, -0.2) is 4.39 Å². The number of aliphatic hydroxyl groups is 1. The van der Waals surface area contributed by atoms with Crippen molar-refractivity contribution < 1.29 is 28.6 Å². The van der Waals surface area contributed by atoms with Gasteiger partial charge in [-0.2, -0.15) is 0 Å². The molecule has 33 heavy (non-hydrogen) atoms. The van der Waals surface area contributed by atoms with Gasteiger partial charge in [0.15, 0.2) is 0 Å². The molecule has 0 bridgehead atoms. The Morgan fingerprint density at radius 2 is 1.67 bits per heavy atom. The van der Waals surface area contributed by atoms with Gasteiger partial charge in [0.25, 0.3) is 11.7 Å². The molecule has 2 aromatic carbocycles. The number of halogens is 1. The first-order valence-electron chi connectivity index (χ1n) is 10.1. The minimum atomic E-state index is -0.868. The van der Waals surface area contributed by atoms with E-state index in [4.69, 9.17) is 9.47 Å². The molecule has 0 saturated carbocycles. The monoisotopic (exact) mass is 467 g/mol. The number of rotatable bonds is 5. The van der Waals surface area contributed by atoms with Crippen LogP contribution < -0.4 is 14.4 Å². The van der Waals surface area contributed by atoms with E-state index in [0.29, 0.717) is 22.7 Å². The number of ether oxygens (including phenoxy) is 2. The highest BCUT2D eigenvalue weighted by atomic mass is 32.1. The van der Waals surface area contributed by atoms with Crippen LogP contribution in [-0.4, -0.2) is 31.0 Å². The Hall–Kier alpha value is -3.65. The van der Waals surface area contributed by atoms with E-state index >= 15 is 0 Å². The number of carbonyl (C=O) groups excluding carboxylic acids is 2. The van der Waals surface area contributed by atoms with Gasteiger partial charge in [-0.15, -0.1) is 11.3 Å². The van der Waals surface area contributed by atoms with Crippen molar-refractivity contribution in [1.29, 1.82) is 0 Å². The van der Waals surface area contributed by atoms with Gasteiger partial charge in [-0.1, -0.05) is 0 Å². The fourth-order valence-electron chi connectivity index (χ4n) is 3.89. The van der Waals surface area contributed by atoms with Crippen molar-refractivity contribution in [2.75, 3.05) is 19.1 Å². The maximum atomic E-state index is 13.8. The number of nitrogens with zero attached hydrogens (tertiary/aromatic N) is 1. The molecule has 1 aliphatic heterocycles. The van der Waals surface area contributed by atoms with Crippen LogP contribution in [0.5, 0.6) is 11.5 Å². The van der Waals surface area contributed by atoms with Gasteiger partial charge in [0.1, 0.15) is 29.1 Å². The molecule has 3 aromatic rings. The van der Waals surface area contributed by atoms with E-state index in [1.165, 1.54) is 48.7 Å². The number of ketones is 1. The number of anilines is 1. The highest BCUT2D eigenvalue weighted by molar-refractivity contribution is 7.10. The van der Waals surface area contributed by atoms with Gasteiger partial charge >= 0.3 is 0 Å². The Kier molecular flexibility index (Phi) is 5.95. The van der Waals surface area contributed by atoms with E-state index < -0.39 is 23.5 Å². The third-order valence-electron chi connectivity index (χ3n) is 5.64. The first-order valence-corrected chi connectivity index (χ1v) is 11.0. The van der Waals surface area contributed by atoms with Crippen molar-refractivity contribution in [2.45, 2.75) is 19.9 Å². The standard InChI is InChI=1S/C25H22FNO5S/c1-13-7-8-33-24(13)21-20(22(28)15-5-6-19(26)14(2)9-15)23(29)25(30)27(21)16-10-17(31-3)12-18(11-16)32-4/h5-12,21,28H,1-4H3/b22-20-. The smallest absolute Gasteiger partial charge is 0.300 e. The number of carbonyl (C=O) groups is 2. The number of hydrogen-bond acceptors (Lipinski definition) is 6. The molecular weight excluding hydrogens is 445 g/mol. The zero-order chi connectivity index (χ0) is 23.9. The second-order valence-corrected chi connectivity index (χ2v) is 8.62. The van der Waals surface area contributed by atoms with Crippen molar-refractivity contribution in [3.8, 4) is 11.5 Å². The average molecular weight is 468 g/mol. The second kappa shape index (κ2) is 8.71. The number of amides is 1. The first kappa shape index (κ1) is 22.5. The van der Waals surface area contributed by atoms with Crippen LogP contribution in [0.15, 0.2) is 53.4 Å². The van der Waals surface area contributed by atoms with E-state index in [9.17, 15) is 19.1 Å². The number of hydrogen-bond donors (Lipinski definition) is 1. The van der Waals surface area contributed by atoms with Gasteiger partial charge in [0.2, 0.25) is 0 Å². The Bertz CT molecular complexity index is 1270. The fourth-order valence-corrected chi connectivity index (χ4v) is 4.92. The van der Waals surface area contributed by atoms with Crippen LogP contribution in [0.2, 0.25) is 0 Å². The number of benzene rings is 2. The van der Waals surface area contributed by atoms with Crippen molar-refractivity contribution in [1.82, 2.24) is 0 Å². The van der Waals surface area contributed by atoms with Crippen LogP contribution in [0.4, 0.5) is 10.1 Å². The highest BCUT2D eigenvalue weighted by Gasteiger charge is 2.48. The van der Waals surface area contributed by atoms with Crippen molar-refractivity contribution >= 4 is 34.5 Å². The van der Waals surface area contributed by atoms with Crippen LogP contribution >= 0.6 is 11.3 Å². The zero-order valence-electron chi connectivity index (χ0n) is 18.5. The molecule has 0 spiro atoms. The second-order valence-electron chi connectivity index (χ2n) is 7.67. The first-order chi connectivity index (χ1) is 15.8. The summed E-state index contributed by atoms with van der Waals surface area (Å²) in [5, 5.41) is 13.0. The van der Waals surface area contributed by atoms with E-state index in [1.54, 1.807) is 25.1 Å². The van der Waals surface area contributed by atoms with Gasteiger partial charge in [0, 0.05) is 28.6 Å². The third-order valence-corrected chi connectivity index (χ3v) is 6.71. The normalized spacial score (nSPS) is 17.5. The van der Waals surface area contributed by atoms with Crippen LogP contribution in [0.3, 0.4) is 0 Å². The van der Waals surface area contributed by atoms with Crippen LogP contribution in [0.25, 0.3) is 5.76 Å². The maximum absolute atomic E-state index is 13.8. The molecule has 1 unspecified atom stereocenters. The summed E-state index contributed by atoms with van der Waals surface area (Å²) in [5.74, 6) is -1.51. The third kappa shape index (κ3) is 3.87. The maximum Gasteiger partial charge on any atom is 0.300 e. The number of methoxy groups -OCH3 is 2. The zero-order valence-corrected chi connectivity index (χ0v) is 19.3. The SMILES string of the molecule is COc1cc(OC)cc(N2C(=O)C(=O)/C(=C(\O)c3ccc(F)c(C)c3)C2c2sccc2C)c1. The molecule has 4 rings (SSSR count). The van der Waals surface area contributed by atoms with E-state index in [1.807, 2.05) is 18.4 Å². The average Bonchev–Trinajstić information content (AvgIpc) is 3.34. The Balaban J connectivity index is 1.97. The van der Waals surface area contributed by atoms with Gasteiger partial charge < -0.3 is 14.6 Å². The molecule has 1 aromatic heterocycles. The molecule has 1 aliphatic rings. The molecular formula is C25H22FNO5S. The minimum absolute atomic E-state index is 0.0571. The molecule has 2 heterocycles. The quantitative estimate of drug-likeness (QED) is 0.319. The summed E-state index contributed by atoms with van der Waals surface area (Å²) in [6.45, 7) is 3.44. The lowest BCUT2D eigenvalue weighted by Gasteiger charge is -2.25. The van der Waals surface area contributed by atoms with Crippen molar-refractivity contribution in [2.24, 2.45) is 0 Å². The van der Waals surface area contributed by atoms with Gasteiger partial charge in [0.05, 0.1) is 25.5 Å². The van der Waals surface area contributed by atoms with E-state index in [0.717, 1.165) is 10.4 Å². The van der Waals surface area contributed by atoms with Crippen molar-refractivity contribution in [3.05, 3.63) is 80.8 Å². The molecule has 6 nitrogen and oxygen atoms in total. The molecule has 1 saturated heterocycles. The summed E-state index contributed by atoms with van der Waals surface area (Å²) in [7, 11) is 2.98. The summed E-state index contributed by atoms with van der Waals surface area (Å²) in [4.78, 5) is 28.6. The largest absolute Gasteiger partial charge is 0.507 e. The summed E-state index contributed by atoms with van der Waals surface area (Å²) in [6.07, 6.45) is 0. The lowest BCUT2D eigenvalue weighted by molar-refractivity contribution is -0.132. The van der Waals surface area contributed by atoms with Gasteiger partial charge in [-0.3, -0.25) is 14.5 Å². The highest BCUT2D eigenvalue weighted by Crippen LogP contribution is 2.46. The number of thiophene rings is 1. The molecule has 1 N–H and O–H groups in total. The molecule has 0 aliphatic carbocycles. The van der Waals surface area contributed by atoms with Crippen LogP contribution in [0.1, 0.15) is 27.6 Å². The topological polar surface area (TPSA) is 76.1 Å². The lowest BCUT2D eigenvalue weighted by atomic mass is 9.97. The predicted molar refractivity (Wildman–Crippen MR) is 125 cm³/mol. The Morgan fingerprint density at radius 1 is 1.00 bits per heavy atom. The fraction of sp³-hybridized carbons (Fsp3) is 0.200. The summed E-state index contributed by atoms with van der Waals surface area (Å²) in [5.41, 5.74) is 1.77. The van der Waals surface area contributed by atoms with E-state index in [2.05, 4.69) is 0 Å². The molecule has 1 atom stereocenters. The summed E-state index contributed by atoms with van der Waals surface area (Å²) in [6, 6.07) is 9.99.